The largest absolute Gasteiger partial charge is 0.508 e. The third-order valence-corrected chi connectivity index (χ3v) is 5.68. The lowest BCUT2D eigenvalue weighted by atomic mass is 10.0. The summed E-state index contributed by atoms with van der Waals surface area (Å²) in [6, 6.07) is 10.2. The van der Waals surface area contributed by atoms with Crippen LogP contribution in [-0.2, 0) is 22.4 Å². The maximum absolute atomic E-state index is 13.1. The summed E-state index contributed by atoms with van der Waals surface area (Å²) in [5.74, 6) is 1.29. The fraction of sp³-hybridized carbons (Fsp3) is 0.296. The number of hydrogen-bond acceptors (Lipinski definition) is 6. The van der Waals surface area contributed by atoms with Crippen LogP contribution in [0.2, 0.25) is 0 Å². The van der Waals surface area contributed by atoms with Gasteiger partial charge in [-0.25, -0.2) is 4.79 Å². The fourth-order valence-corrected chi connectivity index (χ4v) is 3.79. The Hall–Kier alpha value is -3.23. The lowest BCUT2D eigenvalue weighted by molar-refractivity contribution is 0.0594. The molecule has 2 aromatic rings. The third kappa shape index (κ3) is 8.81. The first-order valence-electron chi connectivity index (χ1n) is 11.0. The molecule has 1 amide bonds. The lowest BCUT2D eigenvalue weighted by Crippen LogP contribution is -2.44. The van der Waals surface area contributed by atoms with Gasteiger partial charge in [0.05, 0.1) is 12.6 Å². The first kappa shape index (κ1) is 28.0. The van der Waals surface area contributed by atoms with Crippen molar-refractivity contribution >= 4 is 22.0 Å². The SMILES string of the molecule is C=CCOC(=O)N(Cc1cc(OCC=C)c(Br)c(OCC=C)c1)[C@H](COC)Cc1ccc(O)cc1. The van der Waals surface area contributed by atoms with E-state index in [2.05, 4.69) is 35.7 Å². The van der Waals surface area contributed by atoms with E-state index in [-0.39, 0.29) is 31.5 Å². The van der Waals surface area contributed by atoms with Crippen LogP contribution >= 0.6 is 15.9 Å². The van der Waals surface area contributed by atoms with Crippen LogP contribution in [0.4, 0.5) is 4.79 Å². The average molecular weight is 546 g/mol. The molecule has 2 aromatic carbocycles. The molecule has 7 nitrogen and oxygen atoms in total. The number of aromatic hydroxyl groups is 1. The van der Waals surface area contributed by atoms with Gasteiger partial charge in [0, 0.05) is 13.7 Å². The fourth-order valence-electron chi connectivity index (χ4n) is 3.33. The highest BCUT2D eigenvalue weighted by molar-refractivity contribution is 9.10. The zero-order valence-corrected chi connectivity index (χ0v) is 21.5. The lowest BCUT2D eigenvalue weighted by Gasteiger charge is -2.31. The molecular formula is C27H32BrNO6. The molecule has 0 spiro atoms. The van der Waals surface area contributed by atoms with Crippen molar-refractivity contribution in [2.24, 2.45) is 0 Å². The van der Waals surface area contributed by atoms with Gasteiger partial charge >= 0.3 is 6.09 Å². The highest BCUT2D eigenvalue weighted by Gasteiger charge is 2.27. The molecule has 1 N–H and O–H groups in total. The molecule has 188 valence electrons. The van der Waals surface area contributed by atoms with Crippen molar-refractivity contribution < 1.29 is 28.8 Å². The van der Waals surface area contributed by atoms with E-state index >= 15 is 0 Å². The number of phenolic OH excluding ortho intramolecular Hbond substituents is 1. The first-order valence-corrected chi connectivity index (χ1v) is 11.8. The highest BCUT2D eigenvalue weighted by Crippen LogP contribution is 2.37. The minimum absolute atomic E-state index is 0.0793. The Bertz CT molecular complexity index is 959. The van der Waals surface area contributed by atoms with Crippen molar-refractivity contribution in [2.75, 3.05) is 33.5 Å². The second-order valence-electron chi connectivity index (χ2n) is 7.58. The van der Waals surface area contributed by atoms with Crippen molar-refractivity contribution in [3.8, 4) is 17.2 Å². The number of hydrogen-bond donors (Lipinski definition) is 1. The van der Waals surface area contributed by atoms with E-state index in [0.29, 0.717) is 35.6 Å². The molecule has 0 radical (unpaired) electrons. The van der Waals surface area contributed by atoms with Gasteiger partial charge in [-0.15, -0.1) is 0 Å². The molecule has 0 fully saturated rings. The van der Waals surface area contributed by atoms with Gasteiger partial charge in [0.25, 0.3) is 0 Å². The Labute approximate surface area is 215 Å². The van der Waals surface area contributed by atoms with Crippen molar-refractivity contribution in [3.63, 3.8) is 0 Å². The summed E-state index contributed by atoms with van der Waals surface area (Å²) < 4.78 is 23.1. The van der Waals surface area contributed by atoms with Gasteiger partial charge in [0.1, 0.15) is 41.5 Å². The molecule has 0 aliphatic heterocycles. The maximum atomic E-state index is 13.1. The van der Waals surface area contributed by atoms with Crippen LogP contribution in [0.15, 0.2) is 78.8 Å². The Morgan fingerprint density at radius 3 is 2.09 bits per heavy atom. The van der Waals surface area contributed by atoms with Crippen LogP contribution in [0.5, 0.6) is 17.2 Å². The van der Waals surface area contributed by atoms with E-state index in [1.807, 2.05) is 24.3 Å². The molecule has 0 saturated heterocycles. The van der Waals surface area contributed by atoms with Gasteiger partial charge in [0.2, 0.25) is 0 Å². The van der Waals surface area contributed by atoms with Crippen molar-refractivity contribution in [2.45, 2.75) is 19.0 Å². The van der Waals surface area contributed by atoms with E-state index in [1.54, 1.807) is 36.3 Å². The molecule has 0 aliphatic rings. The number of halogens is 1. The van der Waals surface area contributed by atoms with Gasteiger partial charge < -0.3 is 24.1 Å². The minimum Gasteiger partial charge on any atom is -0.508 e. The van der Waals surface area contributed by atoms with E-state index in [1.165, 1.54) is 6.08 Å². The van der Waals surface area contributed by atoms with Crippen LogP contribution in [0, 0.1) is 0 Å². The summed E-state index contributed by atoms with van der Waals surface area (Å²) in [5, 5.41) is 9.62. The molecule has 0 saturated carbocycles. The van der Waals surface area contributed by atoms with Crippen LogP contribution in [0.1, 0.15) is 11.1 Å². The normalized spacial score (nSPS) is 11.3. The minimum atomic E-state index is -0.504. The van der Waals surface area contributed by atoms with Gasteiger partial charge in [0.15, 0.2) is 0 Å². The predicted octanol–water partition coefficient (Wildman–Crippen LogP) is 5.67. The maximum Gasteiger partial charge on any atom is 0.410 e. The summed E-state index contributed by atoms with van der Waals surface area (Å²) in [7, 11) is 1.58. The van der Waals surface area contributed by atoms with Gasteiger partial charge in [-0.3, -0.25) is 4.90 Å². The number of ether oxygens (including phenoxy) is 4. The Kier molecular flexibility index (Phi) is 11.9. The van der Waals surface area contributed by atoms with Crippen molar-refractivity contribution in [1.29, 1.82) is 0 Å². The van der Waals surface area contributed by atoms with E-state index in [4.69, 9.17) is 18.9 Å². The molecule has 0 bridgehead atoms. The molecule has 35 heavy (non-hydrogen) atoms. The van der Waals surface area contributed by atoms with Crippen LogP contribution in [0.3, 0.4) is 0 Å². The quantitative estimate of drug-likeness (QED) is 0.290. The number of benzene rings is 2. The van der Waals surface area contributed by atoms with E-state index in [0.717, 1.165) is 11.1 Å². The van der Waals surface area contributed by atoms with Gasteiger partial charge in [-0.1, -0.05) is 50.1 Å². The summed E-state index contributed by atoms with van der Waals surface area (Å²) in [6.45, 7) is 12.2. The smallest absolute Gasteiger partial charge is 0.410 e. The monoisotopic (exact) mass is 545 g/mol. The van der Waals surface area contributed by atoms with Gasteiger partial charge in [-0.05, 0) is 57.7 Å². The molecule has 8 heteroatoms. The topological polar surface area (TPSA) is 77.5 Å². The summed E-state index contributed by atoms with van der Waals surface area (Å²) in [5.41, 5.74) is 1.71. The highest BCUT2D eigenvalue weighted by atomic mass is 79.9. The second kappa shape index (κ2) is 14.9. The molecule has 0 unspecified atom stereocenters. The number of amides is 1. The van der Waals surface area contributed by atoms with Crippen LogP contribution in [-0.4, -0.2) is 55.7 Å². The number of rotatable bonds is 15. The van der Waals surface area contributed by atoms with E-state index < -0.39 is 6.09 Å². The Morgan fingerprint density at radius 2 is 1.57 bits per heavy atom. The Morgan fingerprint density at radius 1 is 1.00 bits per heavy atom. The predicted molar refractivity (Wildman–Crippen MR) is 140 cm³/mol. The summed E-state index contributed by atoms with van der Waals surface area (Å²) in [6.07, 6.45) is 4.80. The second-order valence-corrected chi connectivity index (χ2v) is 8.37. The number of carbonyl (C=O) groups excluding carboxylic acids is 1. The number of phenols is 1. The molecule has 0 heterocycles. The Balaban J connectivity index is 2.43. The van der Waals surface area contributed by atoms with Crippen molar-refractivity contribution in [1.82, 2.24) is 4.90 Å². The molecule has 0 aromatic heterocycles. The number of carbonyl (C=O) groups is 1. The van der Waals surface area contributed by atoms with Gasteiger partial charge in [-0.2, -0.15) is 0 Å². The standard InChI is InChI=1S/C27H32BrNO6/c1-5-12-33-24-16-21(17-25(26(24)28)34-13-6-2)18-29(27(31)35-14-7-3)22(19-32-4)15-20-8-10-23(30)11-9-20/h5-11,16-17,22,30H,1-3,12-15,18-19H2,4H3/t22-/m0/s1. The zero-order chi connectivity index (χ0) is 25.6. The molecule has 1 atom stereocenters. The molecule has 0 aliphatic carbocycles. The van der Waals surface area contributed by atoms with Crippen LogP contribution < -0.4 is 9.47 Å². The zero-order valence-electron chi connectivity index (χ0n) is 20.0. The molecule has 2 rings (SSSR count). The summed E-state index contributed by atoms with van der Waals surface area (Å²) in [4.78, 5) is 14.7. The van der Waals surface area contributed by atoms with Crippen LogP contribution in [0.25, 0.3) is 0 Å². The first-order chi connectivity index (χ1) is 16.9. The third-order valence-electron chi connectivity index (χ3n) is 4.90. The van der Waals surface area contributed by atoms with Crippen molar-refractivity contribution in [3.05, 3.63) is 90.0 Å². The number of nitrogens with zero attached hydrogens (tertiary/aromatic N) is 1. The average Bonchev–Trinajstić information content (AvgIpc) is 2.86. The van der Waals surface area contributed by atoms with E-state index in [9.17, 15) is 9.90 Å². The number of methoxy groups -OCH3 is 1. The molecular weight excluding hydrogens is 514 g/mol. The summed E-state index contributed by atoms with van der Waals surface area (Å²) >= 11 is 3.53.